The first-order valence-electron chi connectivity index (χ1n) is 20.9. The number of carboxylic acid groups (broad SMARTS) is 1. The molecule has 2 amide bonds. The zero-order valence-electron chi connectivity index (χ0n) is 35.9. The lowest BCUT2D eigenvalue weighted by Crippen LogP contribution is -2.35. The molecule has 4 aliphatic rings. The van der Waals surface area contributed by atoms with Gasteiger partial charge in [-0.05, 0) is 99.0 Å². The summed E-state index contributed by atoms with van der Waals surface area (Å²) < 4.78 is 12.4. The number of halogens is 2. The van der Waals surface area contributed by atoms with Crippen molar-refractivity contribution in [2.75, 3.05) is 31.5 Å². The molecule has 14 nitrogen and oxygen atoms in total. The van der Waals surface area contributed by atoms with Crippen LogP contribution in [0.5, 0.6) is 5.75 Å². The first kappa shape index (κ1) is 45.3. The highest BCUT2D eigenvalue weighted by Crippen LogP contribution is 2.48. The standard InChI is InChI=1S/C50H42Cl2N4O10/c1-5-53-36-21-40-32(15-23(36)3)43(33-16-24(4)37(54-6-2)22-41(33)66-40)44-35(51)20-34(46(52)45(44)50(63)64)48(60)56-14-13-55-47(59)25-7-10-28(31(17-25)49(61)62)42-29-11-8-26(57)18-38(29)65-39-19-27(58)9-12-30(39)42/h7-12,15-22,49,53,57,61-62H,5-6,13-14H2,1-4H3,(H,55,59)(H,56,60)(H,63,64). The van der Waals surface area contributed by atoms with E-state index < -0.39 is 29.6 Å². The van der Waals surface area contributed by atoms with Gasteiger partial charge in [0.1, 0.15) is 28.4 Å². The van der Waals surface area contributed by atoms with Gasteiger partial charge in [-0.25, -0.2) is 4.79 Å². The number of amides is 2. The number of benzene rings is 6. The molecule has 0 atom stereocenters. The molecule has 0 spiro atoms. The Bertz CT molecular complexity index is 3360. The Morgan fingerprint density at radius 2 is 1.42 bits per heavy atom. The van der Waals surface area contributed by atoms with E-state index >= 15 is 0 Å². The average molecular weight is 930 g/mol. The smallest absolute Gasteiger partial charge is 0.337 e. The largest absolute Gasteiger partial charge is 0.508 e. The van der Waals surface area contributed by atoms with Crippen LogP contribution in [0.2, 0.25) is 10.0 Å². The highest BCUT2D eigenvalue weighted by atomic mass is 35.5. The fraction of sp³-hybridized carbons (Fsp3) is 0.180. The molecule has 4 aromatic carbocycles. The van der Waals surface area contributed by atoms with Crippen LogP contribution >= 0.6 is 23.2 Å². The third-order valence-electron chi connectivity index (χ3n) is 11.2. The van der Waals surface area contributed by atoms with E-state index in [2.05, 4.69) is 20.9 Å². The molecule has 0 bridgehead atoms. The normalized spacial score (nSPS) is 11.9. The number of aryl methyl sites for hydroxylation is 2. The number of nitrogens with one attached hydrogen (secondary N) is 3. The summed E-state index contributed by atoms with van der Waals surface area (Å²) in [5, 5.41) is 52.0. The lowest BCUT2D eigenvalue weighted by Gasteiger charge is -2.21. The van der Waals surface area contributed by atoms with E-state index in [0.717, 1.165) is 16.8 Å². The Morgan fingerprint density at radius 3 is 2.12 bits per heavy atom. The van der Waals surface area contributed by atoms with Crippen LogP contribution in [0.15, 0.2) is 104 Å². The third kappa shape index (κ3) is 8.42. The maximum absolute atomic E-state index is 13.7. The molecular formula is C50H42Cl2N4O10. The Kier molecular flexibility index (Phi) is 12.6. The Labute approximate surface area is 386 Å². The minimum Gasteiger partial charge on any atom is -0.508 e. The van der Waals surface area contributed by atoms with Crippen molar-refractivity contribution in [3.8, 4) is 50.7 Å². The number of carboxylic acids is 1. The molecule has 0 fully saturated rings. The second-order valence-corrected chi connectivity index (χ2v) is 16.3. The van der Waals surface area contributed by atoms with Crippen LogP contribution in [0.25, 0.3) is 66.8 Å². The third-order valence-corrected chi connectivity index (χ3v) is 11.9. The number of fused-ring (bicyclic) bond motifs is 4. The number of anilines is 1. The van der Waals surface area contributed by atoms with Crippen molar-refractivity contribution in [3.05, 3.63) is 144 Å². The Hall–Kier alpha value is -7.23. The summed E-state index contributed by atoms with van der Waals surface area (Å²) in [4.78, 5) is 57.1. The number of carbonyl (C=O) groups is 3. The molecule has 0 radical (unpaired) electrons. The molecule has 4 aromatic rings. The number of aromatic hydroxyl groups is 1. The van der Waals surface area contributed by atoms with Crippen molar-refractivity contribution in [1.82, 2.24) is 10.6 Å². The number of phenolic OH excluding ortho intramolecular Hbond substituents is 1. The fourth-order valence-electron chi connectivity index (χ4n) is 8.26. The molecule has 2 aliphatic carbocycles. The first-order chi connectivity index (χ1) is 31.6. The zero-order valence-corrected chi connectivity index (χ0v) is 37.4. The molecule has 2 aliphatic heterocycles. The minimum atomic E-state index is -2.03. The molecule has 0 unspecified atom stereocenters. The molecule has 66 heavy (non-hydrogen) atoms. The summed E-state index contributed by atoms with van der Waals surface area (Å²) in [5.74, 6) is -2.23. The summed E-state index contributed by atoms with van der Waals surface area (Å²) >= 11 is 13.9. The summed E-state index contributed by atoms with van der Waals surface area (Å²) in [6.07, 6.45) is -2.03. The van der Waals surface area contributed by atoms with E-state index in [1.54, 1.807) is 18.2 Å². The zero-order chi connectivity index (χ0) is 47.1. The SMILES string of the molecule is CCN=c1cc2oc3cc(NCC)c(C)cc3c(-c3c(Cl)cc(C(=O)NCCNC(=O)c4ccc(-c5c6ccc(=O)cc-6oc6cc(O)ccc56)c(C(O)O)c4)c(Cl)c3C(=O)O)c-2cc1C. The van der Waals surface area contributed by atoms with Crippen LogP contribution in [0.3, 0.4) is 0 Å². The minimum absolute atomic E-state index is 0.0283. The summed E-state index contributed by atoms with van der Waals surface area (Å²) in [7, 11) is 0. The van der Waals surface area contributed by atoms with E-state index in [1.165, 1.54) is 48.5 Å². The number of phenols is 1. The van der Waals surface area contributed by atoms with Gasteiger partial charge in [0.2, 0.25) is 0 Å². The van der Waals surface area contributed by atoms with Crippen LogP contribution in [0.1, 0.15) is 67.9 Å². The fourth-order valence-corrected chi connectivity index (χ4v) is 8.87. The van der Waals surface area contributed by atoms with Gasteiger partial charge in [0.25, 0.3) is 11.8 Å². The number of aliphatic hydroxyl groups is 2. The maximum atomic E-state index is 13.7. The van der Waals surface area contributed by atoms with Gasteiger partial charge in [0.05, 0.1) is 26.5 Å². The van der Waals surface area contributed by atoms with Crippen molar-refractivity contribution in [2.24, 2.45) is 4.99 Å². The molecule has 8 rings (SSSR count). The summed E-state index contributed by atoms with van der Waals surface area (Å²) in [6, 6.07) is 21.6. The number of hydrogen-bond acceptors (Lipinski definition) is 11. The highest BCUT2D eigenvalue weighted by molar-refractivity contribution is 6.41. The van der Waals surface area contributed by atoms with Crippen molar-refractivity contribution >= 4 is 68.6 Å². The van der Waals surface area contributed by atoms with Crippen LogP contribution in [0.4, 0.5) is 5.69 Å². The maximum Gasteiger partial charge on any atom is 0.337 e. The van der Waals surface area contributed by atoms with Gasteiger partial charge in [0, 0.05) is 106 Å². The average Bonchev–Trinajstić information content (AvgIpc) is 3.27. The second kappa shape index (κ2) is 18.3. The first-order valence-corrected chi connectivity index (χ1v) is 21.6. The highest BCUT2D eigenvalue weighted by Gasteiger charge is 2.30. The second-order valence-electron chi connectivity index (χ2n) is 15.6. The summed E-state index contributed by atoms with van der Waals surface area (Å²) in [5.41, 5.74) is 4.72. The number of hydrogen-bond donors (Lipinski definition) is 7. The van der Waals surface area contributed by atoms with Crippen molar-refractivity contribution in [1.29, 1.82) is 0 Å². The number of aromatic carboxylic acids is 1. The number of nitrogens with zero attached hydrogens (tertiary/aromatic N) is 1. The van der Waals surface area contributed by atoms with Crippen LogP contribution in [-0.2, 0) is 0 Å². The van der Waals surface area contributed by atoms with Gasteiger partial charge in [-0.3, -0.25) is 19.4 Å². The van der Waals surface area contributed by atoms with E-state index in [4.69, 9.17) is 32.0 Å². The summed E-state index contributed by atoms with van der Waals surface area (Å²) in [6.45, 7) is 8.67. The molecule has 0 saturated carbocycles. The molecular weight excluding hydrogens is 887 g/mol. The lowest BCUT2D eigenvalue weighted by atomic mass is 9.88. The number of rotatable bonds is 12. The monoisotopic (exact) mass is 928 g/mol. The molecule has 2 heterocycles. The molecule has 336 valence electrons. The molecule has 0 saturated heterocycles. The number of carbonyl (C=O) groups excluding carboxylic acids is 2. The van der Waals surface area contributed by atoms with Gasteiger partial charge < -0.3 is 45.2 Å². The van der Waals surface area contributed by atoms with Crippen molar-refractivity contribution in [3.63, 3.8) is 0 Å². The van der Waals surface area contributed by atoms with E-state index in [0.29, 0.717) is 68.4 Å². The number of aliphatic hydroxyl groups excluding tert-OH is 1. The van der Waals surface area contributed by atoms with Crippen LogP contribution in [0, 0.1) is 13.8 Å². The molecule has 7 N–H and O–H groups in total. The topological polar surface area (TPSA) is 224 Å². The van der Waals surface area contributed by atoms with Gasteiger partial charge in [-0.1, -0.05) is 29.3 Å². The lowest BCUT2D eigenvalue weighted by molar-refractivity contribution is -0.0420. The van der Waals surface area contributed by atoms with Crippen molar-refractivity contribution in [2.45, 2.75) is 34.0 Å². The van der Waals surface area contributed by atoms with Crippen LogP contribution < -0.4 is 26.7 Å². The van der Waals surface area contributed by atoms with E-state index in [9.17, 15) is 39.6 Å². The van der Waals surface area contributed by atoms with Gasteiger partial charge in [-0.2, -0.15) is 0 Å². The van der Waals surface area contributed by atoms with Crippen LogP contribution in [-0.4, -0.2) is 64.4 Å². The van der Waals surface area contributed by atoms with Crippen molar-refractivity contribution < 1.29 is 43.6 Å². The Balaban J connectivity index is 1.07. The predicted molar refractivity (Wildman–Crippen MR) is 253 cm³/mol. The molecule has 16 heteroatoms. The molecule has 0 aromatic heterocycles. The van der Waals surface area contributed by atoms with Gasteiger partial charge in [-0.15, -0.1) is 0 Å². The quantitative estimate of drug-likeness (QED) is 0.0348. The van der Waals surface area contributed by atoms with E-state index in [-0.39, 0.29) is 67.9 Å². The van der Waals surface area contributed by atoms with Gasteiger partial charge in [0.15, 0.2) is 11.7 Å². The van der Waals surface area contributed by atoms with Gasteiger partial charge >= 0.3 is 5.97 Å². The van der Waals surface area contributed by atoms with E-state index in [1.807, 2.05) is 45.9 Å². The predicted octanol–water partition coefficient (Wildman–Crippen LogP) is 8.91. The Morgan fingerprint density at radius 1 is 0.727 bits per heavy atom.